The van der Waals surface area contributed by atoms with Crippen LogP contribution in [0.2, 0.25) is 0 Å². The number of benzene rings is 2. The van der Waals surface area contributed by atoms with E-state index in [1.54, 1.807) is 17.0 Å². The largest absolute Gasteiger partial charge is 0.326 e. The van der Waals surface area contributed by atoms with Gasteiger partial charge in [-0.25, -0.2) is 8.42 Å². The summed E-state index contributed by atoms with van der Waals surface area (Å²) in [5.41, 5.74) is 2.40. The summed E-state index contributed by atoms with van der Waals surface area (Å²) < 4.78 is 27.2. The summed E-state index contributed by atoms with van der Waals surface area (Å²) in [6.07, 6.45) is 1.63. The molecular formula is C24H31N3O4S. The van der Waals surface area contributed by atoms with Crippen LogP contribution in [0.25, 0.3) is 0 Å². The first-order valence-corrected chi connectivity index (χ1v) is 12.5. The number of amides is 2. The Morgan fingerprint density at radius 3 is 2.19 bits per heavy atom. The molecule has 32 heavy (non-hydrogen) atoms. The molecule has 1 atom stereocenters. The molecule has 3 rings (SSSR count). The van der Waals surface area contributed by atoms with Gasteiger partial charge in [0.25, 0.3) is 0 Å². The van der Waals surface area contributed by atoms with Crippen LogP contribution in [0.15, 0.2) is 53.4 Å². The number of carbonyl (C=O) groups excluding carboxylic acids is 2. The fraction of sp³-hybridized carbons (Fsp3) is 0.417. The molecule has 0 aromatic heterocycles. The van der Waals surface area contributed by atoms with E-state index in [0.29, 0.717) is 25.3 Å². The first-order chi connectivity index (χ1) is 15.3. The summed E-state index contributed by atoms with van der Waals surface area (Å²) in [5.74, 6) is -0.790. The van der Waals surface area contributed by atoms with Crippen LogP contribution < -0.4 is 10.2 Å². The molecule has 1 N–H and O–H groups in total. The van der Waals surface area contributed by atoms with Gasteiger partial charge in [0.15, 0.2) is 0 Å². The van der Waals surface area contributed by atoms with E-state index in [2.05, 4.69) is 5.32 Å². The standard InChI is InChI=1S/C24H31N3O4S/c1-4-14-26(15-5-2)32(30,31)22-12-8-20(9-13-22)25-24(29)19-16-23(28)27(17-19)21-10-6-18(3)7-11-21/h6-13,19H,4-5,14-17H2,1-3H3,(H,25,29)/t19-/m1/s1. The Hall–Kier alpha value is -2.71. The van der Waals surface area contributed by atoms with Crippen molar-refractivity contribution in [1.29, 1.82) is 0 Å². The van der Waals surface area contributed by atoms with Gasteiger partial charge < -0.3 is 10.2 Å². The Morgan fingerprint density at radius 2 is 1.62 bits per heavy atom. The molecule has 1 saturated heterocycles. The fourth-order valence-corrected chi connectivity index (χ4v) is 5.44. The second kappa shape index (κ2) is 10.3. The summed E-state index contributed by atoms with van der Waals surface area (Å²) in [5, 5.41) is 2.82. The van der Waals surface area contributed by atoms with Crippen LogP contribution in [0.4, 0.5) is 11.4 Å². The van der Waals surface area contributed by atoms with Gasteiger partial charge in [0.05, 0.1) is 10.8 Å². The molecule has 2 amide bonds. The molecule has 0 unspecified atom stereocenters. The Kier molecular flexibility index (Phi) is 7.69. The van der Waals surface area contributed by atoms with Gasteiger partial charge in [-0.1, -0.05) is 31.5 Å². The van der Waals surface area contributed by atoms with Crippen molar-refractivity contribution in [3.63, 3.8) is 0 Å². The maximum atomic E-state index is 12.9. The van der Waals surface area contributed by atoms with Crippen molar-refractivity contribution < 1.29 is 18.0 Å². The van der Waals surface area contributed by atoms with Crippen molar-refractivity contribution in [3.8, 4) is 0 Å². The maximum absolute atomic E-state index is 12.9. The van der Waals surface area contributed by atoms with E-state index < -0.39 is 15.9 Å². The smallest absolute Gasteiger partial charge is 0.243 e. The number of nitrogens with zero attached hydrogens (tertiary/aromatic N) is 2. The molecule has 1 aliphatic rings. The molecular weight excluding hydrogens is 426 g/mol. The third kappa shape index (κ3) is 5.37. The predicted octanol–water partition coefficient (Wildman–Crippen LogP) is 3.80. The molecule has 8 heteroatoms. The van der Waals surface area contributed by atoms with Gasteiger partial charge in [0.1, 0.15) is 0 Å². The molecule has 0 spiro atoms. The number of rotatable bonds is 9. The minimum atomic E-state index is -3.57. The highest BCUT2D eigenvalue weighted by Gasteiger charge is 2.35. The first kappa shape index (κ1) is 23.9. The number of nitrogens with one attached hydrogen (secondary N) is 1. The average molecular weight is 458 g/mol. The SMILES string of the molecule is CCCN(CCC)S(=O)(=O)c1ccc(NC(=O)[C@@H]2CC(=O)N(c3ccc(C)cc3)C2)cc1. The number of hydrogen-bond donors (Lipinski definition) is 1. The lowest BCUT2D eigenvalue weighted by molar-refractivity contribution is -0.122. The van der Waals surface area contributed by atoms with E-state index in [0.717, 1.165) is 24.1 Å². The zero-order valence-electron chi connectivity index (χ0n) is 18.9. The summed E-state index contributed by atoms with van der Waals surface area (Å²) in [6.45, 7) is 7.15. The Balaban J connectivity index is 1.66. The lowest BCUT2D eigenvalue weighted by Gasteiger charge is -2.21. The number of carbonyl (C=O) groups is 2. The molecule has 1 aliphatic heterocycles. The highest BCUT2D eigenvalue weighted by Crippen LogP contribution is 2.27. The summed E-state index contributed by atoms with van der Waals surface area (Å²) in [6, 6.07) is 13.9. The maximum Gasteiger partial charge on any atom is 0.243 e. The average Bonchev–Trinajstić information content (AvgIpc) is 3.16. The van der Waals surface area contributed by atoms with Crippen LogP contribution >= 0.6 is 0 Å². The molecule has 1 heterocycles. The van der Waals surface area contributed by atoms with Crippen molar-refractivity contribution in [1.82, 2.24) is 4.31 Å². The first-order valence-electron chi connectivity index (χ1n) is 11.0. The predicted molar refractivity (Wildman–Crippen MR) is 126 cm³/mol. The van der Waals surface area contributed by atoms with E-state index in [9.17, 15) is 18.0 Å². The number of aryl methyl sites for hydroxylation is 1. The Bertz CT molecular complexity index is 1040. The van der Waals surface area contributed by atoms with Gasteiger partial charge in [-0.15, -0.1) is 0 Å². The van der Waals surface area contributed by atoms with Gasteiger partial charge in [0.2, 0.25) is 21.8 Å². The topological polar surface area (TPSA) is 86.8 Å². The molecule has 0 radical (unpaired) electrons. The number of hydrogen-bond acceptors (Lipinski definition) is 4. The molecule has 7 nitrogen and oxygen atoms in total. The minimum Gasteiger partial charge on any atom is -0.326 e. The molecule has 2 aromatic rings. The quantitative estimate of drug-likeness (QED) is 0.621. The van der Waals surface area contributed by atoms with Gasteiger partial charge in [-0.3, -0.25) is 9.59 Å². The zero-order valence-corrected chi connectivity index (χ0v) is 19.7. The van der Waals surface area contributed by atoms with Crippen LogP contribution in [0, 0.1) is 12.8 Å². The molecule has 0 bridgehead atoms. The monoisotopic (exact) mass is 457 g/mol. The van der Waals surface area contributed by atoms with Crippen LogP contribution in [0.3, 0.4) is 0 Å². The third-order valence-electron chi connectivity index (χ3n) is 5.55. The van der Waals surface area contributed by atoms with Crippen molar-refractivity contribution >= 4 is 33.2 Å². The van der Waals surface area contributed by atoms with Gasteiger partial charge >= 0.3 is 0 Å². The van der Waals surface area contributed by atoms with Gasteiger partial charge in [-0.2, -0.15) is 4.31 Å². The second-order valence-electron chi connectivity index (χ2n) is 8.16. The van der Waals surface area contributed by atoms with Crippen LogP contribution in [-0.2, 0) is 19.6 Å². The molecule has 0 saturated carbocycles. The van der Waals surface area contributed by atoms with Crippen molar-refractivity contribution in [2.24, 2.45) is 5.92 Å². The van der Waals surface area contributed by atoms with E-state index in [1.165, 1.54) is 16.4 Å². The summed E-state index contributed by atoms with van der Waals surface area (Å²) in [7, 11) is -3.57. The number of sulfonamides is 1. The van der Waals surface area contributed by atoms with Crippen molar-refractivity contribution in [2.75, 3.05) is 29.9 Å². The Morgan fingerprint density at radius 1 is 1.03 bits per heavy atom. The third-order valence-corrected chi connectivity index (χ3v) is 7.46. The lowest BCUT2D eigenvalue weighted by atomic mass is 10.1. The van der Waals surface area contributed by atoms with E-state index >= 15 is 0 Å². The van der Waals surface area contributed by atoms with Gasteiger partial charge in [-0.05, 0) is 56.2 Å². The number of anilines is 2. The highest BCUT2D eigenvalue weighted by molar-refractivity contribution is 7.89. The zero-order chi connectivity index (χ0) is 23.3. The minimum absolute atomic E-state index is 0.0811. The van der Waals surface area contributed by atoms with Crippen LogP contribution in [0.5, 0.6) is 0 Å². The van der Waals surface area contributed by atoms with Gasteiger partial charge in [0, 0.05) is 37.4 Å². The van der Waals surface area contributed by atoms with E-state index in [-0.39, 0.29) is 23.1 Å². The Labute approximate surface area is 190 Å². The van der Waals surface area contributed by atoms with E-state index in [4.69, 9.17) is 0 Å². The second-order valence-corrected chi connectivity index (χ2v) is 10.1. The van der Waals surface area contributed by atoms with Crippen LogP contribution in [-0.4, -0.2) is 44.2 Å². The molecule has 0 aliphatic carbocycles. The van der Waals surface area contributed by atoms with Crippen LogP contribution in [0.1, 0.15) is 38.7 Å². The normalized spacial score (nSPS) is 16.6. The summed E-state index contributed by atoms with van der Waals surface area (Å²) in [4.78, 5) is 27.0. The summed E-state index contributed by atoms with van der Waals surface area (Å²) >= 11 is 0. The lowest BCUT2D eigenvalue weighted by Crippen LogP contribution is -2.32. The van der Waals surface area contributed by atoms with Crippen molar-refractivity contribution in [3.05, 3.63) is 54.1 Å². The molecule has 1 fully saturated rings. The molecule has 2 aromatic carbocycles. The fourth-order valence-electron chi connectivity index (χ4n) is 3.81. The highest BCUT2D eigenvalue weighted by atomic mass is 32.2. The van der Waals surface area contributed by atoms with Crippen molar-refractivity contribution in [2.45, 2.75) is 44.9 Å². The molecule has 172 valence electrons. The van der Waals surface area contributed by atoms with E-state index in [1.807, 2.05) is 45.0 Å².